The van der Waals surface area contributed by atoms with Gasteiger partial charge in [-0.2, -0.15) is 0 Å². The lowest BCUT2D eigenvalue weighted by Gasteiger charge is -2.17. The average Bonchev–Trinajstić information content (AvgIpc) is 3.18. The summed E-state index contributed by atoms with van der Waals surface area (Å²) >= 11 is 0. The van der Waals surface area contributed by atoms with Gasteiger partial charge in [0.2, 0.25) is 0 Å². The van der Waals surface area contributed by atoms with E-state index in [0.29, 0.717) is 25.1 Å². The van der Waals surface area contributed by atoms with E-state index < -0.39 is 11.9 Å². The first-order valence-electron chi connectivity index (χ1n) is 7.92. The molecule has 5 heteroatoms. The van der Waals surface area contributed by atoms with Gasteiger partial charge < -0.3 is 14.7 Å². The minimum atomic E-state index is -0.825. The number of carbonyl (C=O) groups excluding carboxylic acids is 1. The number of rotatable bonds is 4. The zero-order valence-electron chi connectivity index (χ0n) is 12.5. The number of likely N-dealkylation sites (tertiary alicyclic amines) is 1. The first-order chi connectivity index (χ1) is 10.6. The van der Waals surface area contributed by atoms with E-state index in [1.807, 2.05) is 12.1 Å². The lowest BCUT2D eigenvalue weighted by atomic mass is 10.1. The number of ether oxygens (including phenoxy) is 1. The molecule has 1 saturated heterocycles. The molecule has 1 amide bonds. The van der Waals surface area contributed by atoms with Crippen LogP contribution in [0.4, 0.5) is 0 Å². The summed E-state index contributed by atoms with van der Waals surface area (Å²) in [6.07, 6.45) is 5.34. The Morgan fingerprint density at radius 2 is 1.95 bits per heavy atom. The van der Waals surface area contributed by atoms with Crippen molar-refractivity contribution in [3.8, 4) is 5.75 Å². The van der Waals surface area contributed by atoms with E-state index in [1.165, 1.54) is 12.8 Å². The van der Waals surface area contributed by atoms with Gasteiger partial charge in [-0.3, -0.25) is 9.59 Å². The van der Waals surface area contributed by atoms with E-state index in [1.54, 1.807) is 17.0 Å². The van der Waals surface area contributed by atoms with E-state index in [9.17, 15) is 9.59 Å². The van der Waals surface area contributed by atoms with E-state index in [0.717, 1.165) is 18.6 Å². The van der Waals surface area contributed by atoms with Crippen LogP contribution in [0.3, 0.4) is 0 Å². The molecule has 1 heterocycles. The molecule has 1 aromatic carbocycles. The van der Waals surface area contributed by atoms with Crippen LogP contribution in [0.15, 0.2) is 24.3 Å². The largest absolute Gasteiger partial charge is 0.490 e. The van der Waals surface area contributed by atoms with Crippen molar-refractivity contribution in [3.05, 3.63) is 29.8 Å². The Balaban J connectivity index is 1.66. The molecule has 1 aromatic rings. The summed E-state index contributed by atoms with van der Waals surface area (Å²) in [6.45, 7) is 0.797. The van der Waals surface area contributed by atoms with Gasteiger partial charge in [-0.1, -0.05) is 6.07 Å². The molecular formula is C17H21NO4. The van der Waals surface area contributed by atoms with Crippen molar-refractivity contribution in [2.75, 3.05) is 13.1 Å². The molecule has 3 rings (SSSR count). The van der Waals surface area contributed by atoms with Crippen molar-refractivity contribution >= 4 is 11.9 Å². The van der Waals surface area contributed by atoms with Gasteiger partial charge >= 0.3 is 5.97 Å². The van der Waals surface area contributed by atoms with Crippen molar-refractivity contribution in [2.24, 2.45) is 5.92 Å². The fourth-order valence-electron chi connectivity index (χ4n) is 3.23. The minimum absolute atomic E-state index is 0.111. The van der Waals surface area contributed by atoms with Gasteiger partial charge in [0, 0.05) is 18.7 Å². The Labute approximate surface area is 129 Å². The SMILES string of the molecule is O=C(O)[C@@H]1CCN(C(=O)c2cccc(OC3CCCC3)c2)C1. The lowest BCUT2D eigenvalue weighted by molar-refractivity contribution is -0.141. The highest BCUT2D eigenvalue weighted by Gasteiger charge is 2.31. The molecule has 1 aliphatic carbocycles. The molecule has 1 aliphatic heterocycles. The maximum absolute atomic E-state index is 12.5. The minimum Gasteiger partial charge on any atom is -0.490 e. The van der Waals surface area contributed by atoms with Crippen LogP contribution in [-0.4, -0.2) is 41.1 Å². The highest BCUT2D eigenvalue weighted by atomic mass is 16.5. The molecule has 1 saturated carbocycles. The zero-order valence-corrected chi connectivity index (χ0v) is 12.5. The van der Waals surface area contributed by atoms with Gasteiger partial charge in [-0.05, 0) is 50.3 Å². The van der Waals surface area contributed by atoms with Crippen LogP contribution in [0.25, 0.3) is 0 Å². The predicted octanol–water partition coefficient (Wildman–Crippen LogP) is 2.55. The van der Waals surface area contributed by atoms with Crippen LogP contribution >= 0.6 is 0 Å². The number of nitrogens with zero attached hydrogens (tertiary/aromatic N) is 1. The molecule has 0 bridgehead atoms. The lowest BCUT2D eigenvalue weighted by Crippen LogP contribution is -2.30. The van der Waals surface area contributed by atoms with Crippen LogP contribution in [-0.2, 0) is 4.79 Å². The summed E-state index contributed by atoms with van der Waals surface area (Å²) < 4.78 is 5.92. The molecular weight excluding hydrogens is 282 g/mol. The summed E-state index contributed by atoms with van der Waals surface area (Å²) in [5.74, 6) is -0.650. The second-order valence-electron chi connectivity index (χ2n) is 6.13. The van der Waals surface area contributed by atoms with E-state index in [-0.39, 0.29) is 12.0 Å². The molecule has 1 atom stereocenters. The molecule has 1 N–H and O–H groups in total. The fourth-order valence-corrected chi connectivity index (χ4v) is 3.23. The Morgan fingerprint density at radius 3 is 2.64 bits per heavy atom. The first kappa shape index (κ1) is 14.9. The highest BCUT2D eigenvalue weighted by Crippen LogP contribution is 2.25. The molecule has 118 valence electrons. The number of amides is 1. The summed E-state index contributed by atoms with van der Waals surface area (Å²) in [6, 6.07) is 7.23. The molecule has 0 unspecified atom stereocenters. The first-order valence-corrected chi connectivity index (χ1v) is 7.92. The number of aliphatic carboxylic acids is 1. The number of benzene rings is 1. The normalized spacial score (nSPS) is 22.0. The second-order valence-corrected chi connectivity index (χ2v) is 6.13. The summed E-state index contributed by atoms with van der Waals surface area (Å²) in [4.78, 5) is 25.1. The van der Waals surface area contributed by atoms with E-state index >= 15 is 0 Å². The maximum Gasteiger partial charge on any atom is 0.308 e. The molecule has 0 radical (unpaired) electrons. The quantitative estimate of drug-likeness (QED) is 0.928. The zero-order chi connectivity index (χ0) is 15.5. The molecule has 2 aliphatic rings. The van der Waals surface area contributed by atoms with Gasteiger partial charge in [-0.25, -0.2) is 0 Å². The summed E-state index contributed by atoms with van der Waals surface area (Å²) in [5, 5.41) is 9.03. The Hall–Kier alpha value is -2.04. The Morgan fingerprint density at radius 1 is 1.18 bits per heavy atom. The summed E-state index contributed by atoms with van der Waals surface area (Å²) in [7, 11) is 0. The fraction of sp³-hybridized carbons (Fsp3) is 0.529. The Bertz CT molecular complexity index is 566. The molecule has 2 fully saturated rings. The Kier molecular flexibility index (Phi) is 4.32. The number of carboxylic acids is 1. The van der Waals surface area contributed by atoms with Crippen molar-refractivity contribution in [1.82, 2.24) is 4.90 Å². The van der Waals surface area contributed by atoms with E-state index in [2.05, 4.69) is 0 Å². The average molecular weight is 303 g/mol. The summed E-state index contributed by atoms with van der Waals surface area (Å²) in [5.41, 5.74) is 0.571. The number of hydrogen-bond acceptors (Lipinski definition) is 3. The number of hydrogen-bond donors (Lipinski definition) is 1. The van der Waals surface area contributed by atoms with Crippen LogP contribution in [0, 0.1) is 5.92 Å². The second kappa shape index (κ2) is 6.38. The third-order valence-electron chi connectivity index (χ3n) is 4.51. The van der Waals surface area contributed by atoms with Gasteiger partial charge in [-0.15, -0.1) is 0 Å². The van der Waals surface area contributed by atoms with Gasteiger partial charge in [0.05, 0.1) is 12.0 Å². The van der Waals surface area contributed by atoms with Gasteiger partial charge in [0.25, 0.3) is 5.91 Å². The number of carbonyl (C=O) groups is 2. The van der Waals surface area contributed by atoms with Crippen molar-refractivity contribution in [1.29, 1.82) is 0 Å². The van der Waals surface area contributed by atoms with Gasteiger partial charge in [0.15, 0.2) is 0 Å². The third-order valence-corrected chi connectivity index (χ3v) is 4.51. The number of carboxylic acid groups (broad SMARTS) is 1. The van der Waals surface area contributed by atoms with Crippen molar-refractivity contribution in [3.63, 3.8) is 0 Å². The predicted molar refractivity (Wildman–Crippen MR) is 81.0 cm³/mol. The monoisotopic (exact) mass is 303 g/mol. The standard InChI is InChI=1S/C17H21NO4/c19-16(18-9-8-13(11-18)17(20)21)12-4-3-7-15(10-12)22-14-5-1-2-6-14/h3-4,7,10,13-14H,1-2,5-6,8-9,11H2,(H,20,21)/t13-/m1/s1. The molecule has 0 aromatic heterocycles. The maximum atomic E-state index is 12.5. The molecule has 5 nitrogen and oxygen atoms in total. The van der Waals surface area contributed by atoms with Crippen LogP contribution < -0.4 is 4.74 Å². The molecule has 22 heavy (non-hydrogen) atoms. The smallest absolute Gasteiger partial charge is 0.308 e. The van der Waals surface area contributed by atoms with Crippen molar-refractivity contribution in [2.45, 2.75) is 38.2 Å². The van der Waals surface area contributed by atoms with Crippen LogP contribution in [0.2, 0.25) is 0 Å². The topological polar surface area (TPSA) is 66.8 Å². The van der Waals surface area contributed by atoms with E-state index in [4.69, 9.17) is 9.84 Å². The highest BCUT2D eigenvalue weighted by molar-refractivity contribution is 5.95. The third kappa shape index (κ3) is 3.24. The van der Waals surface area contributed by atoms with Gasteiger partial charge in [0.1, 0.15) is 5.75 Å². The van der Waals surface area contributed by atoms with Crippen LogP contribution in [0.1, 0.15) is 42.5 Å². The van der Waals surface area contributed by atoms with Crippen molar-refractivity contribution < 1.29 is 19.4 Å². The van der Waals surface area contributed by atoms with Crippen LogP contribution in [0.5, 0.6) is 5.75 Å². The molecule has 0 spiro atoms.